The Balaban J connectivity index is 2.86. The Labute approximate surface area is 119 Å². The molecule has 2 unspecified atom stereocenters. The van der Waals surface area contributed by atoms with E-state index in [1.54, 1.807) is 0 Å². The van der Waals surface area contributed by atoms with Crippen molar-refractivity contribution in [3.8, 4) is 0 Å². The average molecular weight is 262 g/mol. The number of rotatable bonds is 8. The third kappa shape index (κ3) is 4.63. The molecule has 0 saturated heterocycles. The molecule has 1 aromatic carbocycles. The third-order valence-electron chi connectivity index (χ3n) is 3.86. The molecule has 2 atom stereocenters. The van der Waals surface area contributed by atoms with Crippen molar-refractivity contribution in [3.05, 3.63) is 35.9 Å². The topological polar surface area (TPSA) is 29.3 Å². The zero-order valence-electron chi connectivity index (χ0n) is 13.0. The van der Waals surface area contributed by atoms with Crippen LogP contribution in [0.1, 0.15) is 52.1 Å². The molecule has 0 spiro atoms. The van der Waals surface area contributed by atoms with Crippen LogP contribution in [0.15, 0.2) is 30.3 Å². The van der Waals surface area contributed by atoms with E-state index in [2.05, 4.69) is 62.9 Å². The Morgan fingerprint density at radius 1 is 1.11 bits per heavy atom. The highest BCUT2D eigenvalue weighted by Crippen LogP contribution is 2.24. The smallest absolute Gasteiger partial charge is 0.0455 e. The minimum Gasteiger partial charge on any atom is -0.323 e. The Morgan fingerprint density at radius 3 is 2.21 bits per heavy atom. The molecule has 0 aliphatic carbocycles. The standard InChI is InChI=1S/C17H30N2/c1-5-7-13-19(6-2)17(14(3)4)16(18)15-11-9-8-10-12-15/h8-12,14,16-17H,5-7,13,18H2,1-4H3. The summed E-state index contributed by atoms with van der Waals surface area (Å²) in [6.45, 7) is 11.3. The van der Waals surface area contributed by atoms with Gasteiger partial charge in [0.25, 0.3) is 0 Å². The van der Waals surface area contributed by atoms with E-state index in [4.69, 9.17) is 5.73 Å². The first-order chi connectivity index (χ1) is 9.11. The summed E-state index contributed by atoms with van der Waals surface area (Å²) in [4.78, 5) is 2.55. The van der Waals surface area contributed by atoms with Gasteiger partial charge >= 0.3 is 0 Å². The summed E-state index contributed by atoms with van der Waals surface area (Å²) in [7, 11) is 0. The van der Waals surface area contributed by atoms with Gasteiger partial charge in [-0.2, -0.15) is 0 Å². The molecule has 1 rings (SSSR count). The van der Waals surface area contributed by atoms with Gasteiger partial charge in [-0.3, -0.25) is 4.90 Å². The summed E-state index contributed by atoms with van der Waals surface area (Å²) in [5.74, 6) is 0.562. The van der Waals surface area contributed by atoms with Crippen LogP contribution in [-0.2, 0) is 0 Å². The van der Waals surface area contributed by atoms with Gasteiger partial charge in [0, 0.05) is 12.1 Å². The van der Waals surface area contributed by atoms with Crippen molar-refractivity contribution < 1.29 is 0 Å². The molecule has 2 N–H and O–H groups in total. The van der Waals surface area contributed by atoms with Crippen LogP contribution in [0.2, 0.25) is 0 Å². The fourth-order valence-corrected chi connectivity index (χ4v) is 2.82. The van der Waals surface area contributed by atoms with Crippen LogP contribution in [0.4, 0.5) is 0 Å². The van der Waals surface area contributed by atoms with Crippen LogP contribution in [-0.4, -0.2) is 24.0 Å². The van der Waals surface area contributed by atoms with Crippen molar-refractivity contribution in [3.63, 3.8) is 0 Å². The van der Waals surface area contributed by atoms with Gasteiger partial charge in [0.2, 0.25) is 0 Å². The first kappa shape index (κ1) is 16.2. The normalized spacial score (nSPS) is 14.9. The molecule has 2 nitrogen and oxygen atoms in total. The first-order valence-corrected chi connectivity index (χ1v) is 7.66. The number of hydrogen-bond donors (Lipinski definition) is 1. The van der Waals surface area contributed by atoms with E-state index in [1.807, 2.05) is 0 Å². The molecule has 0 fully saturated rings. The van der Waals surface area contributed by atoms with Gasteiger partial charge in [0.1, 0.15) is 0 Å². The summed E-state index contributed by atoms with van der Waals surface area (Å²) in [6, 6.07) is 11.0. The van der Waals surface area contributed by atoms with Crippen molar-refractivity contribution in [2.24, 2.45) is 11.7 Å². The number of likely N-dealkylation sites (N-methyl/N-ethyl adjacent to an activating group) is 1. The summed E-state index contributed by atoms with van der Waals surface area (Å²) in [5.41, 5.74) is 7.79. The van der Waals surface area contributed by atoms with Gasteiger partial charge in [-0.1, -0.05) is 64.4 Å². The van der Waals surface area contributed by atoms with E-state index < -0.39 is 0 Å². The van der Waals surface area contributed by atoms with E-state index in [1.165, 1.54) is 18.4 Å². The molecular formula is C17H30N2. The van der Waals surface area contributed by atoms with Gasteiger partial charge in [-0.25, -0.2) is 0 Å². The minimum absolute atomic E-state index is 0.0954. The van der Waals surface area contributed by atoms with Gasteiger partial charge in [0.15, 0.2) is 0 Å². The lowest BCUT2D eigenvalue weighted by Crippen LogP contribution is -2.46. The minimum atomic E-state index is 0.0954. The van der Waals surface area contributed by atoms with E-state index in [0.717, 1.165) is 13.1 Å². The lowest BCUT2D eigenvalue weighted by atomic mass is 9.90. The molecule has 0 heterocycles. The highest BCUT2D eigenvalue weighted by atomic mass is 15.2. The Kier molecular flexibility index (Phi) is 7.11. The second-order valence-electron chi connectivity index (χ2n) is 5.65. The predicted molar refractivity (Wildman–Crippen MR) is 84.2 cm³/mol. The maximum Gasteiger partial charge on any atom is 0.0455 e. The number of hydrogen-bond acceptors (Lipinski definition) is 2. The fraction of sp³-hybridized carbons (Fsp3) is 0.647. The lowest BCUT2D eigenvalue weighted by Gasteiger charge is -2.38. The lowest BCUT2D eigenvalue weighted by molar-refractivity contribution is 0.135. The molecule has 0 saturated carbocycles. The van der Waals surface area contributed by atoms with E-state index in [-0.39, 0.29) is 6.04 Å². The van der Waals surface area contributed by atoms with Crippen molar-refractivity contribution in [2.75, 3.05) is 13.1 Å². The van der Waals surface area contributed by atoms with Crippen LogP contribution in [0.5, 0.6) is 0 Å². The Morgan fingerprint density at radius 2 is 1.74 bits per heavy atom. The second kappa shape index (κ2) is 8.34. The first-order valence-electron chi connectivity index (χ1n) is 7.66. The SMILES string of the molecule is CCCCN(CC)C(C(C)C)C(N)c1ccccc1. The average Bonchev–Trinajstić information content (AvgIpc) is 2.43. The molecule has 0 bridgehead atoms. The number of unbranched alkanes of at least 4 members (excludes halogenated alkanes) is 1. The second-order valence-corrected chi connectivity index (χ2v) is 5.65. The van der Waals surface area contributed by atoms with Crippen molar-refractivity contribution in [2.45, 2.75) is 52.6 Å². The quantitative estimate of drug-likeness (QED) is 0.771. The largest absolute Gasteiger partial charge is 0.323 e. The van der Waals surface area contributed by atoms with Gasteiger partial charge < -0.3 is 5.73 Å². The Bertz CT molecular complexity index is 334. The fourth-order valence-electron chi connectivity index (χ4n) is 2.82. The molecule has 2 heteroatoms. The van der Waals surface area contributed by atoms with Crippen LogP contribution in [0.3, 0.4) is 0 Å². The molecular weight excluding hydrogens is 232 g/mol. The third-order valence-corrected chi connectivity index (χ3v) is 3.86. The van der Waals surface area contributed by atoms with E-state index in [9.17, 15) is 0 Å². The van der Waals surface area contributed by atoms with E-state index >= 15 is 0 Å². The summed E-state index contributed by atoms with van der Waals surface area (Å²) in [6.07, 6.45) is 2.49. The molecule has 19 heavy (non-hydrogen) atoms. The van der Waals surface area contributed by atoms with Crippen molar-refractivity contribution in [1.29, 1.82) is 0 Å². The molecule has 0 radical (unpaired) electrons. The summed E-state index contributed by atoms with van der Waals surface area (Å²) >= 11 is 0. The highest BCUT2D eigenvalue weighted by Gasteiger charge is 2.27. The number of nitrogens with two attached hydrogens (primary N) is 1. The maximum atomic E-state index is 6.55. The molecule has 1 aromatic rings. The van der Waals surface area contributed by atoms with Crippen LogP contribution < -0.4 is 5.73 Å². The monoisotopic (exact) mass is 262 g/mol. The van der Waals surface area contributed by atoms with Crippen LogP contribution >= 0.6 is 0 Å². The molecule has 0 aromatic heterocycles. The number of nitrogens with zero attached hydrogens (tertiary/aromatic N) is 1. The summed E-state index contributed by atoms with van der Waals surface area (Å²) in [5, 5.41) is 0. The molecule has 0 aliphatic heterocycles. The maximum absolute atomic E-state index is 6.55. The van der Waals surface area contributed by atoms with Gasteiger partial charge in [-0.05, 0) is 31.0 Å². The zero-order chi connectivity index (χ0) is 14.3. The highest BCUT2D eigenvalue weighted by molar-refractivity contribution is 5.20. The van der Waals surface area contributed by atoms with Gasteiger partial charge in [-0.15, -0.1) is 0 Å². The van der Waals surface area contributed by atoms with Crippen LogP contribution in [0, 0.1) is 5.92 Å². The van der Waals surface area contributed by atoms with Crippen molar-refractivity contribution in [1.82, 2.24) is 4.90 Å². The van der Waals surface area contributed by atoms with E-state index in [0.29, 0.717) is 12.0 Å². The molecule has 0 amide bonds. The zero-order valence-corrected chi connectivity index (χ0v) is 13.0. The summed E-state index contributed by atoms with van der Waals surface area (Å²) < 4.78 is 0. The number of benzene rings is 1. The van der Waals surface area contributed by atoms with Crippen molar-refractivity contribution >= 4 is 0 Å². The molecule has 0 aliphatic rings. The van der Waals surface area contributed by atoms with Gasteiger partial charge in [0.05, 0.1) is 0 Å². The Hall–Kier alpha value is -0.860. The van der Waals surface area contributed by atoms with Crippen LogP contribution in [0.25, 0.3) is 0 Å². The molecule has 108 valence electrons. The predicted octanol–water partition coefficient (Wildman–Crippen LogP) is 3.83.